The zero-order valence-corrected chi connectivity index (χ0v) is 12.5. The van der Waals surface area contributed by atoms with E-state index in [1.807, 2.05) is 11.9 Å². The lowest BCUT2D eigenvalue weighted by molar-refractivity contribution is -0.136. The minimum atomic E-state index is -0.457. The van der Waals surface area contributed by atoms with Gasteiger partial charge in [-0.15, -0.1) is 0 Å². The molecule has 7 heteroatoms. The lowest BCUT2D eigenvalue weighted by atomic mass is 10.1. The van der Waals surface area contributed by atoms with E-state index in [0.717, 1.165) is 0 Å². The summed E-state index contributed by atoms with van der Waals surface area (Å²) < 4.78 is 18.3. The van der Waals surface area contributed by atoms with E-state index in [9.17, 15) is 14.0 Å². The number of hydrogen-bond donors (Lipinski definition) is 1. The molecule has 22 heavy (non-hydrogen) atoms. The van der Waals surface area contributed by atoms with Crippen LogP contribution in [0, 0.1) is 5.82 Å². The van der Waals surface area contributed by atoms with Gasteiger partial charge in [0.15, 0.2) is 0 Å². The van der Waals surface area contributed by atoms with Crippen molar-refractivity contribution >= 4 is 11.8 Å². The summed E-state index contributed by atoms with van der Waals surface area (Å²) >= 11 is 0. The fraction of sp³-hybridized carbons (Fsp3) is 0.467. The van der Waals surface area contributed by atoms with Crippen LogP contribution in [0.1, 0.15) is 6.42 Å². The molecule has 1 aliphatic rings. The maximum absolute atomic E-state index is 13.0. The summed E-state index contributed by atoms with van der Waals surface area (Å²) in [5.41, 5.74) is 5.33. The van der Waals surface area contributed by atoms with Gasteiger partial charge in [0, 0.05) is 25.7 Å². The summed E-state index contributed by atoms with van der Waals surface area (Å²) in [6.07, 6.45) is 0.172. The minimum absolute atomic E-state index is 0.101. The Morgan fingerprint density at radius 3 is 2.86 bits per heavy atom. The third-order valence-corrected chi connectivity index (χ3v) is 3.71. The van der Waals surface area contributed by atoms with Crippen molar-refractivity contribution in [1.82, 2.24) is 9.80 Å². The molecule has 0 aliphatic carbocycles. The lowest BCUT2D eigenvalue weighted by Crippen LogP contribution is -2.58. The third-order valence-electron chi connectivity index (χ3n) is 3.71. The summed E-state index contributed by atoms with van der Waals surface area (Å²) in [6.45, 7) is 1.61. The van der Waals surface area contributed by atoms with E-state index in [4.69, 9.17) is 10.5 Å². The summed E-state index contributed by atoms with van der Waals surface area (Å²) in [5.74, 6) is -0.528. The van der Waals surface area contributed by atoms with E-state index in [1.54, 1.807) is 17.0 Å². The number of nitrogens with zero attached hydrogens (tertiary/aromatic N) is 2. The Bertz CT molecular complexity index is 553. The number of likely N-dealkylation sites (N-methyl/N-ethyl adjacent to an activating group) is 1. The molecular weight excluding hydrogens is 289 g/mol. The van der Waals surface area contributed by atoms with Gasteiger partial charge < -0.3 is 15.4 Å². The highest BCUT2D eigenvalue weighted by Crippen LogP contribution is 2.13. The molecule has 120 valence electrons. The number of nitrogens with two attached hydrogens (primary N) is 1. The van der Waals surface area contributed by atoms with Gasteiger partial charge in [0.05, 0.1) is 13.0 Å². The van der Waals surface area contributed by atoms with E-state index in [-0.39, 0.29) is 24.8 Å². The molecule has 1 atom stereocenters. The van der Waals surface area contributed by atoms with E-state index in [1.165, 1.54) is 12.1 Å². The van der Waals surface area contributed by atoms with Crippen molar-refractivity contribution in [3.63, 3.8) is 0 Å². The van der Waals surface area contributed by atoms with E-state index >= 15 is 0 Å². The Morgan fingerprint density at radius 2 is 2.18 bits per heavy atom. The van der Waals surface area contributed by atoms with Gasteiger partial charge in [-0.25, -0.2) is 4.39 Å². The van der Waals surface area contributed by atoms with Crippen molar-refractivity contribution in [2.75, 3.05) is 33.3 Å². The van der Waals surface area contributed by atoms with Gasteiger partial charge in [0.2, 0.25) is 11.8 Å². The zero-order valence-electron chi connectivity index (χ0n) is 12.5. The molecule has 6 nitrogen and oxygen atoms in total. The van der Waals surface area contributed by atoms with Gasteiger partial charge in [-0.3, -0.25) is 14.5 Å². The number of rotatable bonds is 5. The summed E-state index contributed by atoms with van der Waals surface area (Å²) in [5, 5.41) is 0. The van der Waals surface area contributed by atoms with E-state index in [2.05, 4.69) is 0 Å². The maximum Gasteiger partial charge on any atom is 0.236 e. The molecule has 2 rings (SSSR count). The number of primary amides is 1. The van der Waals surface area contributed by atoms with E-state index < -0.39 is 11.9 Å². The van der Waals surface area contributed by atoms with Gasteiger partial charge in [0.25, 0.3) is 0 Å². The van der Waals surface area contributed by atoms with Gasteiger partial charge in [-0.2, -0.15) is 0 Å². The fourth-order valence-corrected chi connectivity index (χ4v) is 2.38. The first-order valence-corrected chi connectivity index (χ1v) is 7.13. The fourth-order valence-electron chi connectivity index (χ4n) is 2.38. The van der Waals surface area contributed by atoms with Crippen molar-refractivity contribution in [2.24, 2.45) is 5.73 Å². The highest BCUT2D eigenvalue weighted by Gasteiger charge is 2.30. The van der Waals surface area contributed by atoms with Gasteiger partial charge in [0.1, 0.15) is 17.6 Å². The number of hydrogen-bond acceptors (Lipinski definition) is 4. The van der Waals surface area contributed by atoms with Crippen molar-refractivity contribution < 1.29 is 18.7 Å². The van der Waals surface area contributed by atoms with Crippen molar-refractivity contribution in [2.45, 2.75) is 12.5 Å². The van der Waals surface area contributed by atoms with Crippen LogP contribution in [0.15, 0.2) is 24.3 Å². The number of halogens is 1. The molecular formula is C15H20FN3O3. The largest absolute Gasteiger partial charge is 0.493 e. The second-order valence-electron chi connectivity index (χ2n) is 5.29. The predicted molar refractivity (Wildman–Crippen MR) is 78.7 cm³/mol. The molecule has 0 saturated carbocycles. The molecule has 1 aromatic rings. The monoisotopic (exact) mass is 309 g/mol. The SMILES string of the molecule is CN1CCN(C(=O)CCOc2cccc(F)c2)C[C@@H]1C(N)=O. The molecule has 0 radical (unpaired) electrons. The van der Waals surface area contributed by atoms with Gasteiger partial charge in [-0.05, 0) is 19.2 Å². The first-order chi connectivity index (χ1) is 10.5. The van der Waals surface area contributed by atoms with Crippen LogP contribution >= 0.6 is 0 Å². The molecule has 2 amide bonds. The smallest absolute Gasteiger partial charge is 0.236 e. The second kappa shape index (κ2) is 7.22. The van der Waals surface area contributed by atoms with Crippen LogP contribution in [0.5, 0.6) is 5.75 Å². The normalized spacial score (nSPS) is 19.0. The number of ether oxygens (including phenoxy) is 1. The molecule has 0 bridgehead atoms. The van der Waals surface area contributed by atoms with Crippen molar-refractivity contribution in [3.05, 3.63) is 30.1 Å². The Hall–Kier alpha value is -2.15. The van der Waals surface area contributed by atoms with Crippen LogP contribution in [0.2, 0.25) is 0 Å². The number of piperazine rings is 1. The Labute approximate surface area is 128 Å². The van der Waals surface area contributed by atoms with Gasteiger partial charge >= 0.3 is 0 Å². The Morgan fingerprint density at radius 1 is 1.41 bits per heavy atom. The number of amides is 2. The number of benzene rings is 1. The maximum atomic E-state index is 13.0. The van der Waals surface area contributed by atoms with Gasteiger partial charge in [-0.1, -0.05) is 6.07 Å². The van der Waals surface area contributed by atoms with Crippen molar-refractivity contribution in [1.29, 1.82) is 0 Å². The second-order valence-corrected chi connectivity index (χ2v) is 5.29. The first kappa shape index (κ1) is 16.2. The van der Waals surface area contributed by atoms with Crippen LogP contribution in [-0.4, -0.2) is 60.9 Å². The Balaban J connectivity index is 1.81. The minimum Gasteiger partial charge on any atom is -0.493 e. The lowest BCUT2D eigenvalue weighted by Gasteiger charge is -2.37. The first-order valence-electron chi connectivity index (χ1n) is 7.13. The number of carbonyl (C=O) groups excluding carboxylic acids is 2. The van der Waals surface area contributed by atoms with Crippen LogP contribution in [0.25, 0.3) is 0 Å². The molecule has 0 aromatic heterocycles. The quantitative estimate of drug-likeness (QED) is 0.844. The van der Waals surface area contributed by atoms with E-state index in [0.29, 0.717) is 25.4 Å². The van der Waals surface area contributed by atoms with Crippen molar-refractivity contribution in [3.8, 4) is 5.75 Å². The van der Waals surface area contributed by atoms with Crippen LogP contribution < -0.4 is 10.5 Å². The molecule has 1 aromatic carbocycles. The highest BCUT2D eigenvalue weighted by molar-refractivity contribution is 5.82. The van der Waals surface area contributed by atoms with Crippen LogP contribution in [0.3, 0.4) is 0 Å². The zero-order chi connectivity index (χ0) is 16.1. The Kier molecular flexibility index (Phi) is 5.32. The summed E-state index contributed by atoms with van der Waals surface area (Å²) in [7, 11) is 1.81. The molecule has 1 heterocycles. The topological polar surface area (TPSA) is 75.9 Å². The average molecular weight is 309 g/mol. The average Bonchev–Trinajstić information content (AvgIpc) is 2.47. The molecule has 0 unspecified atom stereocenters. The molecule has 0 spiro atoms. The highest BCUT2D eigenvalue weighted by atomic mass is 19.1. The van der Waals surface area contributed by atoms with Crippen LogP contribution in [-0.2, 0) is 9.59 Å². The molecule has 1 saturated heterocycles. The van der Waals surface area contributed by atoms with Crippen LogP contribution in [0.4, 0.5) is 4.39 Å². The summed E-state index contributed by atoms with van der Waals surface area (Å²) in [4.78, 5) is 26.9. The number of carbonyl (C=O) groups is 2. The summed E-state index contributed by atoms with van der Waals surface area (Å²) in [6, 6.07) is 5.31. The molecule has 2 N–H and O–H groups in total. The third kappa shape index (κ3) is 4.17. The molecule has 1 aliphatic heterocycles. The predicted octanol–water partition coefficient (Wildman–Crippen LogP) is 0.222. The standard InChI is InChI=1S/C15H20FN3O3/c1-18-6-7-19(10-13(18)15(17)21)14(20)5-8-22-12-4-2-3-11(16)9-12/h2-4,9,13H,5-8,10H2,1H3,(H2,17,21)/t13-/m1/s1. The molecule has 1 fully saturated rings.